The van der Waals surface area contributed by atoms with Crippen LogP contribution in [0.15, 0.2) is 36.4 Å². The van der Waals surface area contributed by atoms with Crippen molar-refractivity contribution in [2.24, 2.45) is 0 Å². The topological polar surface area (TPSA) is 54.4 Å². The Morgan fingerprint density at radius 2 is 1.74 bits per heavy atom. The number of carbonyl (C=O) groups excluding carboxylic acids is 1. The van der Waals surface area contributed by atoms with Crippen LogP contribution >= 0.6 is 0 Å². The van der Waals surface area contributed by atoms with Gasteiger partial charge in [0.25, 0.3) is 0 Å². The lowest BCUT2D eigenvalue weighted by Gasteiger charge is -2.08. The van der Waals surface area contributed by atoms with Gasteiger partial charge in [-0.25, -0.2) is 0 Å². The van der Waals surface area contributed by atoms with Crippen LogP contribution in [-0.2, 0) is 4.79 Å². The van der Waals surface area contributed by atoms with Gasteiger partial charge in [-0.15, -0.1) is 0 Å². The third kappa shape index (κ3) is 2.99. The highest BCUT2D eigenvalue weighted by Gasteiger charge is 2.11. The number of carbonyl (C=O) groups is 2. The van der Waals surface area contributed by atoms with Gasteiger partial charge in [0.2, 0.25) is 0 Å². The number of aryl methyl sites for hydroxylation is 1. The van der Waals surface area contributed by atoms with Crippen molar-refractivity contribution in [3.63, 3.8) is 0 Å². The number of hydrogen-bond acceptors (Lipinski definition) is 2. The maximum absolute atomic E-state index is 12.2. The summed E-state index contributed by atoms with van der Waals surface area (Å²) in [6.07, 6.45) is 0.700. The van der Waals surface area contributed by atoms with Gasteiger partial charge in [-0.1, -0.05) is 36.4 Å². The molecule has 0 aliphatic carbocycles. The largest absolute Gasteiger partial charge is 0.481 e. The van der Waals surface area contributed by atoms with Gasteiger partial charge >= 0.3 is 5.97 Å². The average molecular weight is 256 g/mol. The van der Waals surface area contributed by atoms with E-state index in [2.05, 4.69) is 0 Å². The lowest BCUT2D eigenvalue weighted by atomic mass is 9.95. The smallest absolute Gasteiger partial charge is 0.303 e. The van der Waals surface area contributed by atoms with E-state index in [0.717, 1.165) is 16.3 Å². The van der Waals surface area contributed by atoms with Crippen LogP contribution in [-0.4, -0.2) is 16.9 Å². The first-order chi connectivity index (χ1) is 9.09. The van der Waals surface area contributed by atoms with Crippen molar-refractivity contribution in [1.82, 2.24) is 0 Å². The van der Waals surface area contributed by atoms with E-state index in [1.54, 1.807) is 0 Å². The molecular weight excluding hydrogens is 240 g/mol. The minimum absolute atomic E-state index is 0.0150. The fourth-order valence-electron chi connectivity index (χ4n) is 2.30. The van der Waals surface area contributed by atoms with Crippen molar-refractivity contribution in [2.45, 2.75) is 26.2 Å². The lowest BCUT2D eigenvalue weighted by molar-refractivity contribution is -0.137. The zero-order valence-electron chi connectivity index (χ0n) is 10.8. The van der Waals surface area contributed by atoms with Crippen molar-refractivity contribution in [2.75, 3.05) is 0 Å². The minimum atomic E-state index is -0.859. The van der Waals surface area contributed by atoms with Crippen LogP contribution in [0.5, 0.6) is 0 Å². The summed E-state index contributed by atoms with van der Waals surface area (Å²) in [5, 5.41) is 10.6. The molecule has 1 N–H and O–H groups in total. The molecule has 0 amide bonds. The summed E-state index contributed by atoms with van der Waals surface area (Å²) < 4.78 is 0. The molecule has 0 aliphatic heterocycles. The molecule has 0 bridgehead atoms. The maximum Gasteiger partial charge on any atom is 0.303 e. The Balaban J connectivity index is 2.29. The third-order valence-electron chi connectivity index (χ3n) is 3.21. The number of ketones is 1. The number of Topliss-reactive ketones (excluding diaryl/α,β-unsaturated/α-hetero) is 1. The van der Waals surface area contributed by atoms with Crippen LogP contribution < -0.4 is 0 Å². The molecule has 0 aliphatic rings. The Morgan fingerprint density at radius 3 is 2.42 bits per heavy atom. The average Bonchev–Trinajstić information content (AvgIpc) is 2.38. The molecule has 0 saturated heterocycles. The van der Waals surface area contributed by atoms with Gasteiger partial charge in [-0.05, 0) is 29.7 Å². The second-order valence-corrected chi connectivity index (χ2v) is 4.65. The summed E-state index contributed by atoms with van der Waals surface area (Å²) in [6.45, 7) is 1.98. The Kier molecular flexibility index (Phi) is 3.95. The van der Waals surface area contributed by atoms with Gasteiger partial charge in [0.1, 0.15) is 0 Å². The van der Waals surface area contributed by atoms with E-state index in [1.165, 1.54) is 0 Å². The monoisotopic (exact) mass is 256 g/mol. The summed E-state index contributed by atoms with van der Waals surface area (Å²) in [5.41, 5.74) is 1.76. The molecule has 0 saturated carbocycles. The molecule has 2 aromatic rings. The molecule has 2 rings (SSSR count). The Hall–Kier alpha value is -2.16. The molecule has 0 radical (unpaired) electrons. The molecule has 2 aromatic carbocycles. The van der Waals surface area contributed by atoms with Gasteiger partial charge < -0.3 is 5.11 Å². The first-order valence-electron chi connectivity index (χ1n) is 6.33. The van der Waals surface area contributed by atoms with E-state index in [9.17, 15) is 9.59 Å². The third-order valence-corrected chi connectivity index (χ3v) is 3.21. The number of rotatable bonds is 5. The molecule has 0 spiro atoms. The Bertz CT molecular complexity index is 624. The van der Waals surface area contributed by atoms with E-state index in [4.69, 9.17) is 5.11 Å². The predicted octanol–water partition coefficient (Wildman–Crippen LogP) is 3.59. The van der Waals surface area contributed by atoms with Crippen LogP contribution in [0, 0.1) is 6.92 Å². The van der Waals surface area contributed by atoms with Crippen LogP contribution in [0.3, 0.4) is 0 Å². The fourth-order valence-corrected chi connectivity index (χ4v) is 2.30. The number of carboxylic acids is 1. The zero-order chi connectivity index (χ0) is 13.8. The number of benzene rings is 2. The van der Waals surface area contributed by atoms with Crippen LogP contribution in [0.4, 0.5) is 0 Å². The zero-order valence-corrected chi connectivity index (χ0v) is 10.8. The van der Waals surface area contributed by atoms with Crippen molar-refractivity contribution in [1.29, 1.82) is 0 Å². The lowest BCUT2D eigenvalue weighted by Crippen LogP contribution is -2.03. The van der Waals surface area contributed by atoms with Crippen molar-refractivity contribution >= 4 is 22.5 Å². The van der Waals surface area contributed by atoms with E-state index in [0.29, 0.717) is 12.0 Å². The molecular formula is C16H16O3. The molecule has 98 valence electrons. The predicted molar refractivity (Wildman–Crippen MR) is 74.5 cm³/mol. The summed E-state index contributed by atoms with van der Waals surface area (Å²) in [5.74, 6) is -0.844. The van der Waals surface area contributed by atoms with Crippen LogP contribution in [0.2, 0.25) is 0 Å². The first kappa shape index (κ1) is 13.3. The molecule has 0 fully saturated rings. The van der Waals surface area contributed by atoms with E-state index in [1.807, 2.05) is 43.3 Å². The van der Waals surface area contributed by atoms with Gasteiger partial charge in [-0.2, -0.15) is 0 Å². The van der Waals surface area contributed by atoms with E-state index < -0.39 is 5.97 Å². The SMILES string of the molecule is Cc1cccc2cccc(C(=O)CCCC(=O)O)c12. The summed E-state index contributed by atoms with van der Waals surface area (Å²) in [4.78, 5) is 22.7. The highest BCUT2D eigenvalue weighted by Crippen LogP contribution is 2.24. The van der Waals surface area contributed by atoms with Gasteiger partial charge in [-0.3, -0.25) is 9.59 Å². The maximum atomic E-state index is 12.2. The van der Waals surface area contributed by atoms with E-state index in [-0.39, 0.29) is 18.6 Å². The molecule has 0 unspecified atom stereocenters. The highest BCUT2D eigenvalue weighted by atomic mass is 16.4. The number of aliphatic carboxylic acids is 1. The van der Waals surface area contributed by atoms with Gasteiger partial charge in [0.15, 0.2) is 5.78 Å². The minimum Gasteiger partial charge on any atom is -0.481 e. The quantitative estimate of drug-likeness (QED) is 0.832. The van der Waals surface area contributed by atoms with Crippen molar-refractivity contribution < 1.29 is 14.7 Å². The first-order valence-corrected chi connectivity index (χ1v) is 6.33. The van der Waals surface area contributed by atoms with Gasteiger partial charge in [0.05, 0.1) is 0 Å². The fraction of sp³-hybridized carbons (Fsp3) is 0.250. The van der Waals surface area contributed by atoms with Crippen molar-refractivity contribution in [3.8, 4) is 0 Å². The van der Waals surface area contributed by atoms with Gasteiger partial charge in [0, 0.05) is 18.4 Å². The molecule has 19 heavy (non-hydrogen) atoms. The van der Waals surface area contributed by atoms with Crippen LogP contribution in [0.25, 0.3) is 10.8 Å². The second kappa shape index (κ2) is 5.65. The van der Waals surface area contributed by atoms with E-state index >= 15 is 0 Å². The Labute approximate surface area is 111 Å². The molecule has 0 heterocycles. The molecule has 3 heteroatoms. The molecule has 0 aromatic heterocycles. The standard InChI is InChI=1S/C16H16O3/c1-11-5-2-6-12-7-3-8-13(16(11)12)14(17)9-4-10-15(18)19/h2-3,5-8H,4,9-10H2,1H3,(H,18,19). The molecule has 0 atom stereocenters. The number of fused-ring (bicyclic) bond motifs is 1. The number of carboxylic acid groups (broad SMARTS) is 1. The highest BCUT2D eigenvalue weighted by molar-refractivity contribution is 6.09. The summed E-state index contributed by atoms with van der Waals surface area (Å²) in [7, 11) is 0. The number of hydrogen-bond donors (Lipinski definition) is 1. The second-order valence-electron chi connectivity index (χ2n) is 4.65. The Morgan fingerprint density at radius 1 is 1.05 bits per heavy atom. The summed E-state index contributed by atoms with van der Waals surface area (Å²) >= 11 is 0. The van der Waals surface area contributed by atoms with Crippen molar-refractivity contribution in [3.05, 3.63) is 47.5 Å². The summed E-state index contributed by atoms with van der Waals surface area (Å²) in [6, 6.07) is 11.6. The normalized spacial score (nSPS) is 10.6. The van der Waals surface area contributed by atoms with Crippen LogP contribution in [0.1, 0.15) is 35.2 Å². The molecule has 3 nitrogen and oxygen atoms in total.